The molecule has 0 atom stereocenters. The molecule has 6 heteroatoms. The van der Waals surface area contributed by atoms with Crippen LogP contribution in [0.25, 0.3) is 0 Å². The van der Waals surface area contributed by atoms with Gasteiger partial charge in [-0.2, -0.15) is 0 Å². The number of pyridine rings is 1. The first kappa shape index (κ1) is 14.8. The van der Waals surface area contributed by atoms with Crippen molar-refractivity contribution in [2.75, 3.05) is 0 Å². The lowest BCUT2D eigenvalue weighted by Crippen LogP contribution is -2.15. The van der Waals surface area contributed by atoms with E-state index in [4.69, 9.17) is 16.3 Å². The Bertz CT molecular complexity index is 664. The van der Waals surface area contributed by atoms with E-state index in [9.17, 15) is 4.39 Å². The maximum atomic E-state index is 13.5. The number of nitrogens with zero attached hydrogens (tertiary/aromatic N) is 1. The predicted octanol–water partition coefficient (Wildman–Crippen LogP) is 4.68. The summed E-state index contributed by atoms with van der Waals surface area (Å²) in [6.07, 6.45) is 5.86. The number of hydrogen-bond donors (Lipinski definition) is 1. The minimum atomic E-state index is -0.519. The molecule has 1 N–H and O–H groups in total. The number of benzene rings is 1. The zero-order valence-corrected chi connectivity index (χ0v) is 13.4. The van der Waals surface area contributed by atoms with Crippen LogP contribution in [0.1, 0.15) is 18.4 Å². The lowest BCUT2D eigenvalue weighted by Gasteiger charge is -2.10. The highest BCUT2D eigenvalue weighted by Gasteiger charge is 2.20. The Morgan fingerprint density at radius 1 is 1.33 bits per heavy atom. The number of nitrogens with one attached hydrogen (secondary N) is 1. The first-order chi connectivity index (χ1) is 10.1. The lowest BCUT2D eigenvalue weighted by molar-refractivity contribution is 0.470. The number of aromatic nitrogens is 1. The standard InChI is InChI=1S/C15H13BrClFN2O/c16-12-4-13(17)14(18)5-15(12)21-11-3-9(6-19-8-11)7-20-10-1-2-10/h3-6,8,10,20H,1-2,7H2. The first-order valence-electron chi connectivity index (χ1n) is 6.61. The summed E-state index contributed by atoms with van der Waals surface area (Å²) in [6.45, 7) is 0.755. The summed E-state index contributed by atoms with van der Waals surface area (Å²) in [4.78, 5) is 4.15. The number of ether oxygens (including phenoxy) is 1. The summed E-state index contributed by atoms with van der Waals surface area (Å²) < 4.78 is 19.8. The van der Waals surface area contributed by atoms with Gasteiger partial charge in [-0.3, -0.25) is 4.98 Å². The van der Waals surface area contributed by atoms with Gasteiger partial charge in [-0.15, -0.1) is 0 Å². The van der Waals surface area contributed by atoms with E-state index in [0.29, 0.717) is 22.0 Å². The van der Waals surface area contributed by atoms with Gasteiger partial charge in [0.05, 0.1) is 15.7 Å². The molecule has 0 aliphatic heterocycles. The summed E-state index contributed by atoms with van der Waals surface area (Å²) in [7, 11) is 0. The first-order valence-corrected chi connectivity index (χ1v) is 7.78. The fourth-order valence-electron chi connectivity index (χ4n) is 1.88. The minimum Gasteiger partial charge on any atom is -0.454 e. The van der Waals surface area contributed by atoms with Gasteiger partial charge in [-0.1, -0.05) is 11.6 Å². The quantitative estimate of drug-likeness (QED) is 0.775. The molecule has 1 saturated carbocycles. The Hall–Kier alpha value is -1.17. The molecule has 0 bridgehead atoms. The summed E-state index contributed by atoms with van der Waals surface area (Å²) >= 11 is 9.02. The molecule has 0 unspecified atom stereocenters. The van der Waals surface area contributed by atoms with Crippen molar-refractivity contribution < 1.29 is 9.13 Å². The van der Waals surface area contributed by atoms with Gasteiger partial charge < -0.3 is 10.1 Å². The van der Waals surface area contributed by atoms with Crippen molar-refractivity contribution in [3.63, 3.8) is 0 Å². The van der Waals surface area contributed by atoms with E-state index in [-0.39, 0.29) is 5.02 Å². The highest BCUT2D eigenvalue weighted by Crippen LogP contribution is 2.33. The molecule has 0 radical (unpaired) electrons. The second-order valence-electron chi connectivity index (χ2n) is 4.98. The van der Waals surface area contributed by atoms with Crippen LogP contribution in [0, 0.1) is 5.82 Å². The van der Waals surface area contributed by atoms with Gasteiger partial charge in [0, 0.05) is 24.8 Å². The largest absolute Gasteiger partial charge is 0.454 e. The number of hydrogen-bond acceptors (Lipinski definition) is 3. The Morgan fingerprint density at radius 3 is 2.90 bits per heavy atom. The van der Waals surface area contributed by atoms with E-state index in [1.165, 1.54) is 25.0 Å². The molecular formula is C15H13BrClFN2O. The summed E-state index contributed by atoms with van der Waals surface area (Å²) in [5.74, 6) is 0.410. The molecule has 110 valence electrons. The molecule has 0 saturated heterocycles. The molecular weight excluding hydrogens is 359 g/mol. The molecule has 1 fully saturated rings. The van der Waals surface area contributed by atoms with Gasteiger partial charge in [-0.25, -0.2) is 4.39 Å². The van der Waals surface area contributed by atoms with E-state index in [0.717, 1.165) is 12.1 Å². The zero-order valence-electron chi connectivity index (χ0n) is 11.1. The van der Waals surface area contributed by atoms with E-state index in [1.54, 1.807) is 12.4 Å². The molecule has 2 aromatic rings. The molecule has 1 heterocycles. The second kappa shape index (κ2) is 6.30. The van der Waals surface area contributed by atoms with E-state index in [1.807, 2.05) is 6.07 Å². The maximum absolute atomic E-state index is 13.5. The second-order valence-corrected chi connectivity index (χ2v) is 6.24. The monoisotopic (exact) mass is 370 g/mol. The normalized spacial score (nSPS) is 14.2. The Balaban J connectivity index is 1.74. The zero-order chi connectivity index (χ0) is 14.8. The SMILES string of the molecule is Fc1cc(Oc2cncc(CNC3CC3)c2)c(Br)cc1Cl. The van der Waals surface area contributed by atoms with E-state index >= 15 is 0 Å². The number of rotatable bonds is 5. The van der Waals surface area contributed by atoms with Crippen molar-refractivity contribution in [1.29, 1.82) is 0 Å². The van der Waals surface area contributed by atoms with Crippen LogP contribution < -0.4 is 10.1 Å². The molecule has 21 heavy (non-hydrogen) atoms. The van der Waals surface area contributed by atoms with Crippen molar-refractivity contribution in [1.82, 2.24) is 10.3 Å². The fraction of sp³-hybridized carbons (Fsp3) is 0.267. The van der Waals surface area contributed by atoms with E-state index < -0.39 is 5.82 Å². The third kappa shape index (κ3) is 3.93. The average molecular weight is 372 g/mol. The highest BCUT2D eigenvalue weighted by molar-refractivity contribution is 9.10. The summed E-state index contributed by atoms with van der Waals surface area (Å²) in [5.41, 5.74) is 1.03. The van der Waals surface area contributed by atoms with Crippen molar-refractivity contribution in [2.45, 2.75) is 25.4 Å². The average Bonchev–Trinajstić information content (AvgIpc) is 3.27. The number of halogens is 3. The van der Waals surface area contributed by atoms with Crippen molar-refractivity contribution >= 4 is 27.5 Å². The predicted molar refractivity (Wildman–Crippen MR) is 83.3 cm³/mol. The van der Waals surface area contributed by atoms with Crippen molar-refractivity contribution in [2.24, 2.45) is 0 Å². The van der Waals surface area contributed by atoms with Crippen LogP contribution in [0.5, 0.6) is 11.5 Å². The summed E-state index contributed by atoms with van der Waals surface area (Å²) in [5, 5.41) is 3.46. The highest BCUT2D eigenvalue weighted by atomic mass is 79.9. The van der Waals surface area contributed by atoms with Crippen LogP contribution in [0.2, 0.25) is 5.02 Å². The summed E-state index contributed by atoms with van der Waals surface area (Å²) in [6, 6.07) is 5.25. The van der Waals surface area contributed by atoms with Gasteiger partial charge in [0.15, 0.2) is 0 Å². The van der Waals surface area contributed by atoms with Crippen LogP contribution in [0.15, 0.2) is 35.1 Å². The van der Waals surface area contributed by atoms with Crippen molar-refractivity contribution in [3.8, 4) is 11.5 Å². The fourth-order valence-corrected chi connectivity index (χ4v) is 2.60. The van der Waals surface area contributed by atoms with Gasteiger partial charge >= 0.3 is 0 Å². The molecule has 3 nitrogen and oxygen atoms in total. The molecule has 1 aromatic heterocycles. The Morgan fingerprint density at radius 2 is 2.14 bits per heavy atom. The van der Waals surface area contributed by atoms with Gasteiger partial charge in [-0.05, 0) is 46.5 Å². The maximum Gasteiger partial charge on any atom is 0.146 e. The van der Waals surface area contributed by atoms with Crippen LogP contribution in [-0.4, -0.2) is 11.0 Å². The topological polar surface area (TPSA) is 34.1 Å². The van der Waals surface area contributed by atoms with Crippen LogP contribution in [-0.2, 0) is 6.54 Å². The molecule has 1 aliphatic rings. The third-order valence-electron chi connectivity index (χ3n) is 3.14. The molecule has 0 spiro atoms. The van der Waals surface area contributed by atoms with E-state index in [2.05, 4.69) is 26.2 Å². The van der Waals surface area contributed by atoms with Gasteiger partial charge in [0.2, 0.25) is 0 Å². The Labute approximate surface area is 135 Å². The molecule has 1 aliphatic carbocycles. The van der Waals surface area contributed by atoms with Crippen LogP contribution in [0.3, 0.4) is 0 Å². The van der Waals surface area contributed by atoms with Gasteiger partial charge in [0.25, 0.3) is 0 Å². The molecule has 1 aromatic carbocycles. The minimum absolute atomic E-state index is 0.0507. The molecule has 3 rings (SSSR count). The van der Waals surface area contributed by atoms with Crippen molar-refractivity contribution in [3.05, 3.63) is 51.5 Å². The molecule has 0 amide bonds. The smallest absolute Gasteiger partial charge is 0.146 e. The Kier molecular flexibility index (Phi) is 4.42. The third-order valence-corrected chi connectivity index (χ3v) is 4.05. The lowest BCUT2D eigenvalue weighted by atomic mass is 10.2. The van der Waals surface area contributed by atoms with Gasteiger partial charge in [0.1, 0.15) is 17.3 Å². The van der Waals surface area contributed by atoms with Crippen LogP contribution >= 0.6 is 27.5 Å². The van der Waals surface area contributed by atoms with Crippen LogP contribution in [0.4, 0.5) is 4.39 Å².